The molecule has 1 amide bonds. The van der Waals surface area contributed by atoms with Gasteiger partial charge in [-0.2, -0.15) is 0 Å². The van der Waals surface area contributed by atoms with Gasteiger partial charge in [0.25, 0.3) is 0 Å². The molecule has 2 unspecified atom stereocenters. The molecule has 0 saturated carbocycles. The zero-order valence-corrected chi connectivity index (χ0v) is 13.2. The predicted molar refractivity (Wildman–Crippen MR) is 86.0 cm³/mol. The van der Waals surface area contributed by atoms with E-state index < -0.39 is 0 Å². The average molecular weight is 301 g/mol. The molecule has 0 radical (unpaired) electrons. The van der Waals surface area contributed by atoms with Crippen LogP contribution in [0.1, 0.15) is 56.9 Å². The van der Waals surface area contributed by atoms with Gasteiger partial charge in [-0.25, -0.2) is 4.39 Å². The van der Waals surface area contributed by atoms with Crippen LogP contribution >= 0.6 is 0 Å². The van der Waals surface area contributed by atoms with Crippen molar-refractivity contribution in [3.8, 4) is 0 Å². The van der Waals surface area contributed by atoms with Crippen molar-refractivity contribution in [2.24, 2.45) is 5.41 Å². The van der Waals surface area contributed by atoms with Gasteiger partial charge in [0, 0.05) is 12.5 Å². The van der Waals surface area contributed by atoms with E-state index in [4.69, 9.17) is 0 Å². The highest BCUT2D eigenvalue weighted by Crippen LogP contribution is 2.49. The summed E-state index contributed by atoms with van der Waals surface area (Å²) in [5.41, 5.74) is 2.26. The van der Waals surface area contributed by atoms with Gasteiger partial charge in [0.15, 0.2) is 0 Å². The second-order valence-corrected chi connectivity index (χ2v) is 6.62. The molecule has 1 aromatic rings. The van der Waals surface area contributed by atoms with Gasteiger partial charge < -0.3 is 5.32 Å². The van der Waals surface area contributed by atoms with Gasteiger partial charge in [-0.05, 0) is 49.8 Å². The Morgan fingerprint density at radius 1 is 1.27 bits per heavy atom. The molecule has 2 aliphatic rings. The second-order valence-electron chi connectivity index (χ2n) is 6.62. The third-order valence-electron chi connectivity index (χ3n) is 5.35. The van der Waals surface area contributed by atoms with Crippen LogP contribution < -0.4 is 5.32 Å². The largest absolute Gasteiger partial charge is 0.355 e. The Morgan fingerprint density at radius 2 is 2.05 bits per heavy atom. The number of carbonyl (C=O) groups is 1. The van der Waals surface area contributed by atoms with Crippen LogP contribution in [-0.4, -0.2) is 12.5 Å². The molecule has 1 spiro atoms. The van der Waals surface area contributed by atoms with E-state index in [0.29, 0.717) is 6.54 Å². The number of hydrogen-bond donors (Lipinski definition) is 1. The molecule has 0 bridgehead atoms. The molecule has 2 nitrogen and oxygen atoms in total. The highest BCUT2D eigenvalue weighted by molar-refractivity contribution is 5.86. The number of benzene rings is 1. The molecule has 3 rings (SSSR count). The van der Waals surface area contributed by atoms with Crippen LogP contribution in [0.4, 0.5) is 4.39 Å². The Bertz CT molecular complexity index is 578. The third-order valence-corrected chi connectivity index (χ3v) is 5.35. The molecule has 1 fully saturated rings. The highest BCUT2D eigenvalue weighted by Gasteiger charge is 2.50. The maximum Gasteiger partial charge on any atom is 0.226 e. The molecular weight excluding hydrogens is 277 g/mol. The van der Waals surface area contributed by atoms with Crippen molar-refractivity contribution in [1.29, 1.82) is 0 Å². The van der Waals surface area contributed by atoms with Crippen molar-refractivity contribution in [2.45, 2.75) is 51.4 Å². The lowest BCUT2D eigenvalue weighted by atomic mass is 9.69. The molecule has 1 saturated heterocycles. The van der Waals surface area contributed by atoms with Crippen LogP contribution in [0.25, 0.3) is 0 Å². The number of rotatable bonds is 3. The SMILES string of the molecule is CCCC1=CCCC2(CC1)C(=O)NCC2c1ccc(F)cc1. The Kier molecular flexibility index (Phi) is 4.32. The van der Waals surface area contributed by atoms with Crippen molar-refractivity contribution in [3.05, 3.63) is 47.3 Å². The molecule has 0 aromatic heterocycles. The lowest BCUT2D eigenvalue weighted by Crippen LogP contribution is -2.34. The smallest absolute Gasteiger partial charge is 0.226 e. The number of allylic oxidation sites excluding steroid dienone is 2. The molecule has 3 heteroatoms. The summed E-state index contributed by atoms with van der Waals surface area (Å²) < 4.78 is 13.2. The zero-order chi connectivity index (χ0) is 15.6. The fourth-order valence-corrected chi connectivity index (χ4v) is 4.12. The van der Waals surface area contributed by atoms with E-state index >= 15 is 0 Å². The lowest BCUT2D eigenvalue weighted by molar-refractivity contribution is -0.128. The van der Waals surface area contributed by atoms with Crippen molar-refractivity contribution in [2.75, 3.05) is 6.54 Å². The standard InChI is InChI=1S/C19H24FNO/c1-2-4-14-5-3-11-19(12-10-14)17(13-21-18(19)22)15-6-8-16(20)9-7-15/h5-9,17H,2-4,10-13H2,1H3,(H,21,22). The van der Waals surface area contributed by atoms with Crippen LogP contribution in [-0.2, 0) is 4.79 Å². The Balaban J connectivity index is 1.86. The van der Waals surface area contributed by atoms with E-state index in [1.54, 1.807) is 0 Å². The van der Waals surface area contributed by atoms with Gasteiger partial charge >= 0.3 is 0 Å². The minimum Gasteiger partial charge on any atom is -0.355 e. The summed E-state index contributed by atoms with van der Waals surface area (Å²) in [5.74, 6) is 0.130. The van der Waals surface area contributed by atoms with Crippen molar-refractivity contribution >= 4 is 5.91 Å². The van der Waals surface area contributed by atoms with Gasteiger partial charge in [-0.3, -0.25) is 4.79 Å². The summed E-state index contributed by atoms with van der Waals surface area (Å²) in [6.45, 7) is 2.87. The summed E-state index contributed by atoms with van der Waals surface area (Å²) in [4.78, 5) is 12.6. The van der Waals surface area contributed by atoms with Gasteiger partial charge in [-0.15, -0.1) is 0 Å². The molecule has 1 N–H and O–H groups in total. The van der Waals surface area contributed by atoms with Crippen LogP contribution in [0.5, 0.6) is 0 Å². The number of carbonyl (C=O) groups excluding carboxylic acids is 1. The zero-order valence-electron chi connectivity index (χ0n) is 13.2. The number of hydrogen-bond acceptors (Lipinski definition) is 1. The summed E-state index contributed by atoms with van der Waals surface area (Å²) >= 11 is 0. The number of nitrogens with one attached hydrogen (secondary N) is 1. The first kappa shape index (κ1) is 15.3. The fraction of sp³-hybridized carbons (Fsp3) is 0.526. The van der Waals surface area contributed by atoms with E-state index in [1.807, 2.05) is 12.1 Å². The first-order valence-electron chi connectivity index (χ1n) is 8.37. The molecule has 118 valence electrons. The highest BCUT2D eigenvalue weighted by atomic mass is 19.1. The van der Waals surface area contributed by atoms with Gasteiger partial charge in [0.1, 0.15) is 5.82 Å². The summed E-state index contributed by atoms with van der Waals surface area (Å²) in [6, 6.07) is 6.69. The van der Waals surface area contributed by atoms with E-state index in [0.717, 1.165) is 44.1 Å². The van der Waals surface area contributed by atoms with E-state index in [9.17, 15) is 9.18 Å². The van der Waals surface area contributed by atoms with E-state index in [2.05, 4.69) is 18.3 Å². The Morgan fingerprint density at radius 3 is 2.77 bits per heavy atom. The van der Waals surface area contributed by atoms with Crippen LogP contribution in [0.15, 0.2) is 35.9 Å². The Hall–Kier alpha value is -1.64. The molecular formula is C19H24FNO. The van der Waals surface area contributed by atoms with Crippen LogP contribution in [0.2, 0.25) is 0 Å². The Labute approximate surface area is 131 Å². The third kappa shape index (κ3) is 2.69. The normalized spacial score (nSPS) is 28.4. The van der Waals surface area contributed by atoms with Gasteiger partial charge in [-0.1, -0.05) is 37.1 Å². The van der Waals surface area contributed by atoms with E-state index in [1.165, 1.54) is 17.7 Å². The lowest BCUT2D eigenvalue weighted by Gasteiger charge is -2.32. The monoisotopic (exact) mass is 301 g/mol. The van der Waals surface area contributed by atoms with Gasteiger partial charge in [0.05, 0.1) is 5.41 Å². The molecule has 1 aromatic carbocycles. The first-order valence-corrected chi connectivity index (χ1v) is 8.37. The van der Waals surface area contributed by atoms with Gasteiger partial charge in [0.2, 0.25) is 5.91 Å². The summed E-state index contributed by atoms with van der Waals surface area (Å²) in [6.07, 6.45) is 8.43. The molecule has 1 heterocycles. The summed E-state index contributed by atoms with van der Waals surface area (Å²) in [5, 5.41) is 3.06. The van der Waals surface area contributed by atoms with Crippen LogP contribution in [0, 0.1) is 11.2 Å². The second kappa shape index (κ2) is 6.23. The molecule has 2 atom stereocenters. The first-order chi connectivity index (χ1) is 10.7. The van der Waals surface area contributed by atoms with Crippen molar-refractivity contribution in [3.63, 3.8) is 0 Å². The van der Waals surface area contributed by atoms with Crippen molar-refractivity contribution in [1.82, 2.24) is 5.32 Å². The minimum absolute atomic E-state index is 0.162. The quantitative estimate of drug-likeness (QED) is 0.827. The average Bonchev–Trinajstić information content (AvgIpc) is 2.70. The van der Waals surface area contributed by atoms with E-state index in [-0.39, 0.29) is 23.1 Å². The predicted octanol–water partition coefficient (Wildman–Crippen LogP) is 4.33. The number of halogens is 1. The fourth-order valence-electron chi connectivity index (χ4n) is 4.12. The van der Waals surface area contributed by atoms with Crippen molar-refractivity contribution < 1.29 is 9.18 Å². The molecule has 22 heavy (non-hydrogen) atoms. The molecule has 1 aliphatic carbocycles. The topological polar surface area (TPSA) is 29.1 Å². The molecule has 1 aliphatic heterocycles. The maximum atomic E-state index is 13.2. The summed E-state index contributed by atoms with van der Waals surface area (Å²) in [7, 11) is 0. The maximum absolute atomic E-state index is 13.2. The minimum atomic E-state index is -0.316. The van der Waals surface area contributed by atoms with Crippen LogP contribution in [0.3, 0.4) is 0 Å². The number of amides is 1.